The third-order valence-electron chi connectivity index (χ3n) is 3.30. The maximum Gasteiger partial charge on any atom is 0.119 e. The molecule has 1 unspecified atom stereocenters. The van der Waals surface area contributed by atoms with Gasteiger partial charge in [-0.25, -0.2) is 0 Å². The lowest BCUT2D eigenvalue weighted by molar-refractivity contribution is 0.414. The molecule has 19 heavy (non-hydrogen) atoms. The Balaban J connectivity index is 2.05. The summed E-state index contributed by atoms with van der Waals surface area (Å²) in [7, 11) is 1.67. The SMILES string of the molecule is COc1cccc(C(N)c2csc3ccccc23)c1. The standard InChI is InChI=1S/C16H15NOS/c1-18-12-6-4-5-11(9-12)16(17)14-10-19-15-8-3-2-7-13(14)15/h2-10,16H,17H2,1H3. The zero-order valence-electron chi connectivity index (χ0n) is 10.7. The minimum absolute atomic E-state index is 0.119. The number of fused-ring (bicyclic) bond motifs is 1. The Bertz CT molecular complexity index is 705. The highest BCUT2D eigenvalue weighted by atomic mass is 32.1. The topological polar surface area (TPSA) is 35.2 Å². The molecule has 2 nitrogen and oxygen atoms in total. The summed E-state index contributed by atoms with van der Waals surface area (Å²) in [5.74, 6) is 0.840. The summed E-state index contributed by atoms with van der Waals surface area (Å²) >= 11 is 1.74. The Hall–Kier alpha value is -1.84. The van der Waals surface area contributed by atoms with Crippen molar-refractivity contribution in [2.45, 2.75) is 6.04 Å². The minimum atomic E-state index is -0.119. The summed E-state index contributed by atoms with van der Waals surface area (Å²) in [5.41, 5.74) is 8.65. The molecule has 1 aromatic heterocycles. The van der Waals surface area contributed by atoms with Crippen LogP contribution in [0.1, 0.15) is 17.2 Å². The number of hydrogen-bond acceptors (Lipinski definition) is 3. The molecule has 1 atom stereocenters. The fourth-order valence-corrected chi connectivity index (χ4v) is 3.25. The van der Waals surface area contributed by atoms with Gasteiger partial charge in [0.1, 0.15) is 5.75 Å². The molecular weight excluding hydrogens is 254 g/mol. The molecule has 0 aliphatic heterocycles. The molecule has 0 saturated heterocycles. The predicted octanol–water partition coefficient (Wildman–Crippen LogP) is 3.96. The van der Waals surface area contributed by atoms with Crippen LogP contribution in [0.25, 0.3) is 10.1 Å². The molecule has 1 heterocycles. The lowest BCUT2D eigenvalue weighted by Gasteiger charge is -2.12. The van der Waals surface area contributed by atoms with Crippen molar-refractivity contribution >= 4 is 21.4 Å². The van der Waals surface area contributed by atoms with E-state index in [4.69, 9.17) is 10.5 Å². The van der Waals surface area contributed by atoms with Crippen LogP contribution in [-0.4, -0.2) is 7.11 Å². The smallest absolute Gasteiger partial charge is 0.119 e. The second-order valence-electron chi connectivity index (χ2n) is 4.44. The summed E-state index contributed by atoms with van der Waals surface area (Å²) in [6.07, 6.45) is 0. The second kappa shape index (κ2) is 5.03. The lowest BCUT2D eigenvalue weighted by Crippen LogP contribution is -2.11. The van der Waals surface area contributed by atoms with Crippen LogP contribution in [0.4, 0.5) is 0 Å². The highest BCUT2D eigenvalue weighted by Crippen LogP contribution is 2.32. The zero-order valence-corrected chi connectivity index (χ0v) is 11.5. The van der Waals surface area contributed by atoms with E-state index in [9.17, 15) is 0 Å². The quantitative estimate of drug-likeness (QED) is 0.781. The molecule has 0 bridgehead atoms. The van der Waals surface area contributed by atoms with Crippen LogP contribution < -0.4 is 10.5 Å². The third kappa shape index (κ3) is 2.23. The molecule has 0 saturated carbocycles. The van der Waals surface area contributed by atoms with Crippen molar-refractivity contribution in [1.29, 1.82) is 0 Å². The van der Waals surface area contributed by atoms with Gasteiger partial charge >= 0.3 is 0 Å². The summed E-state index contributed by atoms with van der Waals surface area (Å²) in [5, 5.41) is 3.39. The molecule has 96 valence electrons. The molecule has 3 rings (SSSR count). The number of ether oxygens (including phenoxy) is 1. The van der Waals surface area contributed by atoms with E-state index in [1.807, 2.05) is 24.3 Å². The van der Waals surface area contributed by atoms with E-state index >= 15 is 0 Å². The zero-order chi connectivity index (χ0) is 13.2. The average Bonchev–Trinajstić information content (AvgIpc) is 2.90. The molecule has 0 aliphatic carbocycles. The monoisotopic (exact) mass is 269 g/mol. The Labute approximate surface area is 116 Å². The van der Waals surface area contributed by atoms with Crippen LogP contribution in [0.15, 0.2) is 53.9 Å². The van der Waals surface area contributed by atoms with Crippen molar-refractivity contribution in [2.24, 2.45) is 5.73 Å². The van der Waals surface area contributed by atoms with Crippen molar-refractivity contribution in [3.63, 3.8) is 0 Å². The second-order valence-corrected chi connectivity index (χ2v) is 5.35. The summed E-state index contributed by atoms with van der Waals surface area (Å²) in [6.45, 7) is 0. The fraction of sp³-hybridized carbons (Fsp3) is 0.125. The van der Waals surface area contributed by atoms with E-state index in [0.29, 0.717) is 0 Å². The van der Waals surface area contributed by atoms with Gasteiger partial charge in [0.2, 0.25) is 0 Å². The van der Waals surface area contributed by atoms with Crippen LogP contribution >= 0.6 is 11.3 Å². The van der Waals surface area contributed by atoms with Gasteiger partial charge in [-0.05, 0) is 40.1 Å². The molecule has 0 spiro atoms. The van der Waals surface area contributed by atoms with Gasteiger partial charge in [0, 0.05) is 4.70 Å². The number of rotatable bonds is 3. The van der Waals surface area contributed by atoms with Crippen LogP contribution in [0.5, 0.6) is 5.75 Å². The molecule has 0 radical (unpaired) electrons. The summed E-state index contributed by atoms with van der Waals surface area (Å²) < 4.78 is 6.53. The van der Waals surface area contributed by atoms with E-state index in [2.05, 4.69) is 29.6 Å². The Kier molecular flexibility index (Phi) is 3.23. The van der Waals surface area contributed by atoms with Crippen LogP contribution in [0, 0.1) is 0 Å². The van der Waals surface area contributed by atoms with Crippen molar-refractivity contribution in [1.82, 2.24) is 0 Å². The average molecular weight is 269 g/mol. The first-order valence-electron chi connectivity index (χ1n) is 6.15. The molecule has 2 N–H and O–H groups in total. The normalized spacial score (nSPS) is 12.5. The van der Waals surface area contributed by atoms with E-state index in [1.54, 1.807) is 18.4 Å². The molecule has 3 heteroatoms. The van der Waals surface area contributed by atoms with Gasteiger partial charge in [-0.15, -0.1) is 11.3 Å². The maximum atomic E-state index is 6.40. The van der Waals surface area contributed by atoms with E-state index in [1.165, 1.54) is 15.6 Å². The Morgan fingerprint density at radius 2 is 1.95 bits per heavy atom. The summed E-state index contributed by atoms with van der Waals surface area (Å²) in [6, 6.07) is 16.2. The van der Waals surface area contributed by atoms with Crippen molar-refractivity contribution in [3.05, 3.63) is 65.0 Å². The Morgan fingerprint density at radius 1 is 1.11 bits per heavy atom. The van der Waals surface area contributed by atoms with Crippen LogP contribution in [-0.2, 0) is 0 Å². The van der Waals surface area contributed by atoms with Gasteiger partial charge in [-0.3, -0.25) is 0 Å². The van der Waals surface area contributed by atoms with Gasteiger partial charge in [-0.1, -0.05) is 30.3 Å². The predicted molar refractivity (Wildman–Crippen MR) is 80.8 cm³/mol. The van der Waals surface area contributed by atoms with Crippen molar-refractivity contribution in [2.75, 3.05) is 7.11 Å². The number of thiophene rings is 1. The Morgan fingerprint density at radius 3 is 2.79 bits per heavy atom. The third-order valence-corrected chi connectivity index (χ3v) is 4.28. The number of nitrogens with two attached hydrogens (primary N) is 1. The number of benzene rings is 2. The van der Waals surface area contributed by atoms with Crippen LogP contribution in [0.3, 0.4) is 0 Å². The highest BCUT2D eigenvalue weighted by Gasteiger charge is 2.14. The van der Waals surface area contributed by atoms with Crippen LogP contribution in [0.2, 0.25) is 0 Å². The molecule has 0 aliphatic rings. The first-order valence-corrected chi connectivity index (χ1v) is 7.03. The number of methoxy groups -OCH3 is 1. The van der Waals surface area contributed by atoms with E-state index in [0.717, 1.165) is 11.3 Å². The molecule has 2 aromatic carbocycles. The van der Waals surface area contributed by atoms with Gasteiger partial charge in [0.05, 0.1) is 13.2 Å². The molecule has 0 amide bonds. The van der Waals surface area contributed by atoms with Crippen molar-refractivity contribution < 1.29 is 4.74 Å². The number of hydrogen-bond donors (Lipinski definition) is 1. The van der Waals surface area contributed by atoms with E-state index < -0.39 is 0 Å². The summed E-state index contributed by atoms with van der Waals surface area (Å²) in [4.78, 5) is 0. The van der Waals surface area contributed by atoms with Gasteiger partial charge in [0.15, 0.2) is 0 Å². The first-order chi connectivity index (χ1) is 9.29. The lowest BCUT2D eigenvalue weighted by atomic mass is 9.99. The van der Waals surface area contributed by atoms with Gasteiger partial charge in [0.25, 0.3) is 0 Å². The van der Waals surface area contributed by atoms with Gasteiger partial charge in [-0.2, -0.15) is 0 Å². The fourth-order valence-electron chi connectivity index (χ4n) is 2.25. The highest BCUT2D eigenvalue weighted by molar-refractivity contribution is 7.17. The van der Waals surface area contributed by atoms with E-state index in [-0.39, 0.29) is 6.04 Å². The maximum absolute atomic E-state index is 6.40. The molecule has 3 aromatic rings. The van der Waals surface area contributed by atoms with Crippen molar-refractivity contribution in [3.8, 4) is 5.75 Å². The first kappa shape index (κ1) is 12.2. The van der Waals surface area contributed by atoms with Gasteiger partial charge < -0.3 is 10.5 Å². The minimum Gasteiger partial charge on any atom is -0.497 e. The largest absolute Gasteiger partial charge is 0.497 e. The molecule has 0 fully saturated rings. The molecular formula is C16H15NOS.